The molecule has 1 rings (SSSR count). The van der Waals surface area contributed by atoms with Crippen LogP contribution in [0.1, 0.15) is 0 Å². The number of hydrogen-bond acceptors (Lipinski definition) is 6. The zero-order valence-electron chi connectivity index (χ0n) is 10.0. The van der Waals surface area contributed by atoms with Crippen molar-refractivity contribution >= 4 is 20.6 Å². The van der Waals surface area contributed by atoms with Gasteiger partial charge in [-0.15, -0.1) is 0 Å². The van der Waals surface area contributed by atoms with Gasteiger partial charge in [0.15, 0.2) is 0 Å². The summed E-state index contributed by atoms with van der Waals surface area (Å²) in [6.07, 6.45) is -4.74. The van der Waals surface area contributed by atoms with Crippen LogP contribution in [-0.4, -0.2) is 76.9 Å². The fourth-order valence-electron chi connectivity index (χ4n) is 1.07. The van der Waals surface area contributed by atoms with Crippen LogP contribution in [0.3, 0.4) is 0 Å². The van der Waals surface area contributed by atoms with Crippen molar-refractivity contribution in [2.24, 2.45) is 0 Å². The van der Waals surface area contributed by atoms with Crippen LogP contribution in [-0.2, 0) is 39.7 Å². The first-order chi connectivity index (χ1) is 7.31. The van der Waals surface area contributed by atoms with E-state index >= 15 is 0 Å². The van der Waals surface area contributed by atoms with Gasteiger partial charge in [-0.1, -0.05) is 5.25 Å². The van der Waals surface area contributed by atoms with Gasteiger partial charge in [-0.3, -0.25) is 0 Å². The Morgan fingerprint density at radius 2 is 1.53 bits per heavy atom. The van der Waals surface area contributed by atoms with E-state index in [2.05, 4.69) is 32.6 Å². The van der Waals surface area contributed by atoms with Gasteiger partial charge in [0, 0.05) is 20.0 Å². The Bertz CT molecular complexity index is 193. The zero-order valence-corrected chi connectivity index (χ0v) is 14.0. The van der Waals surface area contributed by atoms with Gasteiger partial charge in [0.25, 0.3) is 0 Å². The molecule has 2 unspecified atom stereocenters. The molecule has 1 saturated heterocycles. The second-order valence-electron chi connectivity index (χ2n) is 4.19. The SMILES string of the molecule is C[PH+](C)C.OCC1O[C@@H](O)C([S-])[C@@H](O)[C@@H]1O.[Au+]. The average molecular weight is 469 g/mol. The molecule has 0 bridgehead atoms. The molecule has 0 aromatic carbocycles. The van der Waals surface area contributed by atoms with E-state index in [-0.39, 0.29) is 30.3 Å². The van der Waals surface area contributed by atoms with Crippen molar-refractivity contribution in [2.45, 2.75) is 29.9 Å². The van der Waals surface area contributed by atoms with Gasteiger partial charge in [-0.2, -0.15) is 0 Å². The summed E-state index contributed by atoms with van der Waals surface area (Å²) < 4.78 is 4.72. The number of hydrogen-bond donors (Lipinski definition) is 4. The third kappa shape index (κ3) is 7.48. The fourth-order valence-corrected chi connectivity index (χ4v) is 1.30. The van der Waals surface area contributed by atoms with Gasteiger partial charge in [-0.05, 0) is 7.92 Å². The maximum atomic E-state index is 9.21. The zero-order chi connectivity index (χ0) is 12.9. The molecule has 0 aromatic heterocycles. The Labute approximate surface area is 124 Å². The molecule has 4 N–H and O–H groups in total. The Balaban J connectivity index is 0. The molecule has 0 saturated carbocycles. The molecule has 0 amide bonds. The minimum absolute atomic E-state index is 0. The number of aliphatic hydroxyl groups excluding tert-OH is 4. The Morgan fingerprint density at radius 1 is 1.12 bits per heavy atom. The number of rotatable bonds is 1. The van der Waals surface area contributed by atoms with Crippen LogP contribution in [0.15, 0.2) is 0 Å². The molecule has 1 heterocycles. The molecule has 0 radical (unpaired) electrons. The van der Waals surface area contributed by atoms with E-state index < -0.39 is 36.5 Å². The van der Waals surface area contributed by atoms with Gasteiger partial charge < -0.3 is 37.8 Å². The van der Waals surface area contributed by atoms with Crippen LogP contribution >= 0.6 is 7.92 Å². The first-order valence-electron chi connectivity index (χ1n) is 5.04. The maximum Gasteiger partial charge on any atom is 1.00 e. The van der Waals surface area contributed by atoms with Gasteiger partial charge >= 0.3 is 22.4 Å². The van der Waals surface area contributed by atoms with Crippen LogP contribution < -0.4 is 0 Å². The Kier molecular flexibility index (Phi) is 12.3. The third-order valence-electron chi connectivity index (χ3n) is 1.84. The molecule has 5 nitrogen and oxygen atoms in total. The molecular weight excluding hydrogens is 448 g/mol. The topological polar surface area (TPSA) is 90.2 Å². The van der Waals surface area contributed by atoms with E-state index in [1.165, 1.54) is 0 Å². The number of ether oxygens (including phenoxy) is 1. The van der Waals surface area contributed by atoms with Gasteiger partial charge in [0.2, 0.25) is 0 Å². The minimum atomic E-state index is -1.31. The van der Waals surface area contributed by atoms with Gasteiger partial charge in [0.05, 0.1) is 12.7 Å². The van der Waals surface area contributed by atoms with E-state index in [1.807, 2.05) is 0 Å². The molecule has 1 aliphatic rings. The van der Waals surface area contributed by atoms with Gasteiger partial charge in [-0.25, -0.2) is 0 Å². The molecule has 0 aliphatic carbocycles. The summed E-state index contributed by atoms with van der Waals surface area (Å²) in [5, 5.41) is 35.2. The maximum absolute atomic E-state index is 9.21. The normalized spacial score (nSPS) is 36.9. The van der Waals surface area contributed by atoms with Crippen LogP contribution in [0.25, 0.3) is 0 Å². The standard InChI is InChI=1S/C6H12O5S.C3H9P.Au/c7-1-2-3(8)4(9)5(12)6(10)11-2;1-4(2)3;/h2-10,12H,1H2;1-3H3;/q;;+1/t2?,3-,4+,5?,6-;;/m1../s1. The van der Waals surface area contributed by atoms with E-state index in [1.54, 1.807) is 0 Å². The van der Waals surface area contributed by atoms with Crippen molar-refractivity contribution in [3.63, 3.8) is 0 Å². The van der Waals surface area contributed by atoms with Crippen LogP contribution in [0.2, 0.25) is 0 Å². The first kappa shape index (κ1) is 20.6. The van der Waals surface area contributed by atoms with Crippen LogP contribution in [0.5, 0.6) is 0 Å². The summed E-state index contributed by atoms with van der Waals surface area (Å²) >= 11 is 4.65. The summed E-state index contributed by atoms with van der Waals surface area (Å²) in [5.74, 6) is 0. The van der Waals surface area contributed by atoms with E-state index in [0.29, 0.717) is 0 Å². The Hall–Kier alpha value is 1.32. The molecule has 1 fully saturated rings. The van der Waals surface area contributed by atoms with E-state index in [4.69, 9.17) is 14.9 Å². The molecule has 0 spiro atoms. The summed E-state index contributed by atoms with van der Waals surface area (Å²) in [6, 6.07) is 0. The average Bonchev–Trinajstić information content (AvgIpc) is 2.19. The molecule has 17 heavy (non-hydrogen) atoms. The van der Waals surface area contributed by atoms with Crippen molar-refractivity contribution < 1.29 is 47.5 Å². The predicted molar refractivity (Wildman–Crippen MR) is 67.2 cm³/mol. The van der Waals surface area contributed by atoms with Crippen LogP contribution in [0.4, 0.5) is 0 Å². The third-order valence-corrected chi connectivity index (χ3v) is 2.35. The number of aliphatic hydroxyl groups is 4. The van der Waals surface area contributed by atoms with Crippen molar-refractivity contribution in [1.82, 2.24) is 0 Å². The fraction of sp³-hybridized carbons (Fsp3) is 1.00. The van der Waals surface area contributed by atoms with E-state index in [9.17, 15) is 10.2 Å². The summed E-state index contributed by atoms with van der Waals surface area (Å²) in [4.78, 5) is 0. The van der Waals surface area contributed by atoms with Crippen molar-refractivity contribution in [3.8, 4) is 0 Å². The Morgan fingerprint density at radius 3 is 1.88 bits per heavy atom. The second kappa shape index (κ2) is 10.1. The largest absolute Gasteiger partial charge is 1.00 e. The van der Waals surface area contributed by atoms with Crippen LogP contribution in [0, 0.1) is 0 Å². The monoisotopic (exact) mass is 469 g/mol. The quantitative estimate of drug-likeness (QED) is 0.211. The molecule has 1 aliphatic heterocycles. The minimum Gasteiger partial charge on any atom is -0.782 e. The smallest absolute Gasteiger partial charge is 0.782 e. The first-order valence-corrected chi connectivity index (χ1v) is 8.51. The van der Waals surface area contributed by atoms with Crippen molar-refractivity contribution in [1.29, 1.82) is 0 Å². The molecule has 8 heteroatoms. The predicted octanol–water partition coefficient (Wildman–Crippen LogP) is -1.58. The molecule has 108 valence electrons. The van der Waals surface area contributed by atoms with Gasteiger partial charge in [0.1, 0.15) is 18.5 Å². The summed E-state index contributed by atoms with van der Waals surface area (Å²) in [5.41, 5.74) is 0. The van der Waals surface area contributed by atoms with E-state index in [0.717, 1.165) is 0 Å². The van der Waals surface area contributed by atoms with Crippen molar-refractivity contribution in [2.75, 3.05) is 26.6 Å². The molecule has 0 aromatic rings. The summed E-state index contributed by atoms with van der Waals surface area (Å²) in [6.45, 7) is 6.34. The molecular formula is C9H21AuO5PS+. The summed E-state index contributed by atoms with van der Waals surface area (Å²) in [7, 11) is 0.120. The van der Waals surface area contributed by atoms with Crippen molar-refractivity contribution in [3.05, 3.63) is 0 Å². The second-order valence-corrected chi connectivity index (χ2v) is 7.74. The molecule has 5 atom stereocenters.